The summed E-state index contributed by atoms with van der Waals surface area (Å²) in [7, 11) is 0. The van der Waals surface area contributed by atoms with E-state index in [9.17, 15) is 0 Å². The molecular formula is C88H91BN4S2. The van der Waals surface area contributed by atoms with Crippen LogP contribution in [0.25, 0.3) is 0 Å². The van der Waals surface area contributed by atoms with Crippen molar-refractivity contribution in [3.8, 4) is 0 Å². The quantitative estimate of drug-likeness (QED) is 0.112. The number of fused-ring (bicyclic) bond motifs is 4. The third-order valence-electron chi connectivity index (χ3n) is 20.2. The maximum Gasteiger partial charge on any atom is 0.252 e. The van der Waals surface area contributed by atoms with Crippen LogP contribution in [0.1, 0.15) is 131 Å². The Morgan fingerprint density at radius 3 is 0.947 bits per heavy atom. The molecule has 0 fully saturated rings. The molecule has 11 aromatic rings. The Hall–Kier alpha value is -8.62. The number of aryl methyl sites for hydroxylation is 14. The summed E-state index contributed by atoms with van der Waals surface area (Å²) in [6.07, 6.45) is 0. The van der Waals surface area contributed by atoms with E-state index < -0.39 is 0 Å². The predicted molar refractivity (Wildman–Crippen MR) is 415 cm³/mol. The average Bonchev–Trinajstić information content (AvgIpc) is 0.697. The van der Waals surface area contributed by atoms with Gasteiger partial charge in [-0.15, -0.1) is 0 Å². The van der Waals surface area contributed by atoms with Crippen molar-refractivity contribution in [3.63, 3.8) is 0 Å². The molecule has 0 unspecified atom stereocenters. The zero-order valence-electron chi connectivity index (χ0n) is 59.6. The largest absolute Gasteiger partial charge is 0.311 e. The number of benzene rings is 11. The van der Waals surface area contributed by atoms with Crippen LogP contribution in [0.5, 0.6) is 0 Å². The van der Waals surface area contributed by atoms with Gasteiger partial charge in [-0.1, -0.05) is 155 Å². The molecule has 11 aromatic carbocycles. The van der Waals surface area contributed by atoms with Crippen LogP contribution >= 0.6 is 23.5 Å². The molecule has 2 aliphatic heterocycles. The molecule has 2 aliphatic rings. The second kappa shape index (κ2) is 24.9. The highest BCUT2D eigenvalue weighted by Crippen LogP contribution is 2.52. The molecule has 0 bridgehead atoms. The highest BCUT2D eigenvalue weighted by Gasteiger charge is 2.44. The second-order valence-electron chi connectivity index (χ2n) is 29.6. The first-order valence-corrected chi connectivity index (χ1v) is 35.4. The SMILES string of the molecule is Cc1cccc(Sc2cc(N(c3cc(C)c(C)cc3C)c3cc(C)c(C)cc3C)cc(N3c4cc(C(C)(C)C)ccc4B4c5ccc(C(C)(C)C)cc5N(c5cc(Sc6cccc(C)c6)cc(N(c6cc(C)c(C)cc6C)c6cc(C)c(C)cc6C)c5)c5cccc3c54)c2)c1. The third kappa shape index (κ3) is 12.3. The van der Waals surface area contributed by atoms with Crippen molar-refractivity contribution in [2.24, 2.45) is 0 Å². The van der Waals surface area contributed by atoms with Crippen LogP contribution in [-0.4, -0.2) is 6.71 Å². The molecule has 0 saturated carbocycles. The first-order valence-electron chi connectivity index (χ1n) is 33.8. The van der Waals surface area contributed by atoms with Crippen molar-refractivity contribution in [2.75, 3.05) is 19.6 Å². The minimum Gasteiger partial charge on any atom is -0.311 e. The van der Waals surface area contributed by atoms with E-state index in [1.165, 1.54) is 161 Å². The Morgan fingerprint density at radius 2 is 0.621 bits per heavy atom. The van der Waals surface area contributed by atoms with Crippen LogP contribution in [0.3, 0.4) is 0 Å². The summed E-state index contributed by atoms with van der Waals surface area (Å²) < 4.78 is 0. The van der Waals surface area contributed by atoms with E-state index in [-0.39, 0.29) is 17.5 Å². The van der Waals surface area contributed by atoms with Gasteiger partial charge in [-0.25, -0.2) is 0 Å². The van der Waals surface area contributed by atoms with E-state index in [0.29, 0.717) is 0 Å². The van der Waals surface area contributed by atoms with E-state index in [4.69, 9.17) is 0 Å². The fraction of sp³-hybridized carbons (Fsp3) is 0.250. The maximum atomic E-state index is 2.64. The lowest BCUT2D eigenvalue weighted by Gasteiger charge is -2.45. The molecule has 7 heteroatoms. The predicted octanol–water partition coefficient (Wildman–Crippen LogP) is 23.9. The topological polar surface area (TPSA) is 13.0 Å². The Balaban J connectivity index is 1.12. The Labute approximate surface area is 576 Å². The Kier molecular flexibility index (Phi) is 17.0. The van der Waals surface area contributed by atoms with Crippen LogP contribution in [0.4, 0.5) is 68.2 Å². The fourth-order valence-corrected chi connectivity index (χ4v) is 16.4. The molecular weight excluding hydrogens is 1190 g/mol. The van der Waals surface area contributed by atoms with Gasteiger partial charge in [0.25, 0.3) is 6.71 Å². The van der Waals surface area contributed by atoms with Gasteiger partial charge in [0.15, 0.2) is 0 Å². The first-order chi connectivity index (χ1) is 45.1. The first kappa shape index (κ1) is 65.1. The van der Waals surface area contributed by atoms with Crippen molar-refractivity contribution < 1.29 is 0 Å². The zero-order valence-corrected chi connectivity index (χ0v) is 61.2. The Morgan fingerprint density at radius 1 is 0.295 bits per heavy atom. The molecule has 0 atom stereocenters. The molecule has 478 valence electrons. The lowest BCUT2D eigenvalue weighted by atomic mass is 9.33. The fourth-order valence-electron chi connectivity index (χ4n) is 14.4. The van der Waals surface area contributed by atoms with E-state index >= 15 is 0 Å². The molecule has 95 heavy (non-hydrogen) atoms. The second-order valence-corrected chi connectivity index (χ2v) is 31.9. The molecule has 0 saturated heterocycles. The van der Waals surface area contributed by atoms with Gasteiger partial charge in [-0.3, -0.25) is 0 Å². The molecule has 0 aromatic heterocycles. The maximum absolute atomic E-state index is 2.64. The average molecular weight is 1280 g/mol. The van der Waals surface area contributed by atoms with Gasteiger partial charge in [0.2, 0.25) is 0 Å². The molecule has 0 N–H and O–H groups in total. The lowest BCUT2D eigenvalue weighted by Crippen LogP contribution is -2.61. The summed E-state index contributed by atoms with van der Waals surface area (Å²) in [5.41, 5.74) is 37.7. The van der Waals surface area contributed by atoms with E-state index in [1.54, 1.807) is 0 Å². The molecule has 0 spiro atoms. The lowest BCUT2D eigenvalue weighted by molar-refractivity contribution is 0.590. The monoisotopic (exact) mass is 1280 g/mol. The smallest absolute Gasteiger partial charge is 0.252 e. The van der Waals surface area contributed by atoms with E-state index in [2.05, 4.69) is 346 Å². The number of nitrogens with zero attached hydrogens (tertiary/aromatic N) is 4. The Bertz CT molecular complexity index is 4490. The molecule has 13 rings (SSSR count). The van der Waals surface area contributed by atoms with Gasteiger partial charge < -0.3 is 19.6 Å². The summed E-state index contributed by atoms with van der Waals surface area (Å²) in [6, 6.07) is 73.8. The van der Waals surface area contributed by atoms with Gasteiger partial charge in [0, 0.05) is 87.8 Å². The number of hydrogen-bond acceptors (Lipinski definition) is 6. The van der Waals surface area contributed by atoms with Gasteiger partial charge in [-0.05, 0) is 311 Å². The minimum atomic E-state index is -0.128. The van der Waals surface area contributed by atoms with Crippen LogP contribution in [-0.2, 0) is 10.8 Å². The van der Waals surface area contributed by atoms with Crippen molar-refractivity contribution in [2.45, 2.75) is 169 Å². The summed E-state index contributed by atoms with van der Waals surface area (Å²) in [6.45, 7) is 45.5. The van der Waals surface area contributed by atoms with Gasteiger partial charge >= 0.3 is 0 Å². The van der Waals surface area contributed by atoms with Crippen molar-refractivity contribution in [1.82, 2.24) is 0 Å². The number of hydrogen-bond donors (Lipinski definition) is 0. The van der Waals surface area contributed by atoms with Gasteiger partial charge in [-0.2, -0.15) is 0 Å². The van der Waals surface area contributed by atoms with E-state index in [1.807, 2.05) is 23.5 Å². The van der Waals surface area contributed by atoms with Crippen LogP contribution in [0, 0.1) is 96.9 Å². The van der Waals surface area contributed by atoms with Crippen molar-refractivity contribution >= 4 is 115 Å². The van der Waals surface area contributed by atoms with Crippen LogP contribution < -0.4 is 36.0 Å². The molecule has 0 aliphatic carbocycles. The standard InChI is InChI=1S/C88H91BN4S2/c1-52-24-21-26-72(34-52)94-74-48-68(46-70(50-74)92(80-40-58(7)54(3)36-62(80)11)81-41-59(8)55(4)37-63(81)12)90-78-28-23-29-79-86(78)89(76-32-30-66(44-84(76)90)87(15,16)17)77-33-31-67(88(18,19)20)45-85(77)91(79)69-47-71(51-75(49-69)95-73-27-22-25-53(2)35-73)93(82-42-60(9)56(5)38-64(82)13)83-43-61(10)57(6)39-65(83)14/h21-51H,1-20H3. The summed E-state index contributed by atoms with van der Waals surface area (Å²) in [4.78, 5) is 15.1. The highest BCUT2D eigenvalue weighted by atomic mass is 32.2. The van der Waals surface area contributed by atoms with Crippen LogP contribution in [0.15, 0.2) is 208 Å². The molecule has 0 amide bonds. The van der Waals surface area contributed by atoms with Crippen LogP contribution in [0.2, 0.25) is 0 Å². The normalized spacial score (nSPS) is 12.7. The summed E-state index contributed by atoms with van der Waals surface area (Å²) in [5, 5.41) is 0. The molecule has 0 radical (unpaired) electrons. The van der Waals surface area contributed by atoms with E-state index in [0.717, 1.165) is 32.5 Å². The minimum absolute atomic E-state index is 0.0869. The molecule has 4 nitrogen and oxygen atoms in total. The highest BCUT2D eigenvalue weighted by molar-refractivity contribution is 7.99. The molecule has 2 heterocycles. The van der Waals surface area contributed by atoms with Crippen molar-refractivity contribution in [3.05, 3.63) is 277 Å². The number of anilines is 12. The third-order valence-corrected chi connectivity index (χ3v) is 22.1. The zero-order chi connectivity index (χ0) is 67.4. The number of rotatable bonds is 12. The van der Waals surface area contributed by atoms with Gasteiger partial charge in [0.1, 0.15) is 0 Å². The summed E-state index contributed by atoms with van der Waals surface area (Å²) >= 11 is 3.68. The van der Waals surface area contributed by atoms with Crippen molar-refractivity contribution in [1.29, 1.82) is 0 Å². The summed E-state index contributed by atoms with van der Waals surface area (Å²) in [5.74, 6) is 0. The van der Waals surface area contributed by atoms with Gasteiger partial charge in [0.05, 0.1) is 0 Å².